The maximum absolute atomic E-state index is 11.3. The molecule has 0 bridgehead atoms. The van der Waals surface area contributed by atoms with E-state index < -0.39 is 10.0 Å². The number of allylic oxidation sites excluding steroid dienone is 2. The number of hydrogen-bond acceptors (Lipinski definition) is 8. The molecule has 0 fully saturated rings. The molecule has 8 nitrogen and oxygen atoms in total. The zero-order valence-corrected chi connectivity index (χ0v) is 16.6. The monoisotopic (exact) mass is 414 g/mol. The minimum atomic E-state index is -3.69. The van der Waals surface area contributed by atoms with Crippen LogP contribution in [-0.2, 0) is 16.4 Å². The van der Waals surface area contributed by atoms with Crippen molar-refractivity contribution in [3.05, 3.63) is 63.9 Å². The number of nitrogens with zero attached hydrogens (tertiary/aromatic N) is 3. The molecule has 2 aromatic rings. The smallest absolute Gasteiger partial charge is 0.238 e. The van der Waals surface area contributed by atoms with Gasteiger partial charge in [-0.05, 0) is 42.5 Å². The number of nitrogens with two attached hydrogens (primary N) is 1. The molecular formula is C18H18N6O2S2. The van der Waals surface area contributed by atoms with Crippen molar-refractivity contribution in [2.75, 3.05) is 11.9 Å². The van der Waals surface area contributed by atoms with Crippen LogP contribution in [0, 0.1) is 11.3 Å². The molecule has 0 amide bonds. The highest BCUT2D eigenvalue weighted by molar-refractivity contribution is 8.06. The van der Waals surface area contributed by atoms with Gasteiger partial charge < -0.3 is 10.6 Å². The average molecular weight is 415 g/mol. The van der Waals surface area contributed by atoms with Gasteiger partial charge in [-0.1, -0.05) is 23.9 Å². The van der Waals surface area contributed by atoms with Gasteiger partial charge in [0.2, 0.25) is 16.0 Å². The van der Waals surface area contributed by atoms with Crippen LogP contribution in [0.3, 0.4) is 0 Å². The molecule has 2 heterocycles. The molecule has 1 aliphatic heterocycles. The first-order chi connectivity index (χ1) is 13.4. The van der Waals surface area contributed by atoms with Crippen molar-refractivity contribution in [3.63, 3.8) is 0 Å². The third kappa shape index (κ3) is 4.89. The first-order valence-electron chi connectivity index (χ1n) is 8.30. The van der Waals surface area contributed by atoms with E-state index in [1.807, 2.05) is 12.3 Å². The van der Waals surface area contributed by atoms with Gasteiger partial charge in [-0.15, -0.1) is 0 Å². The van der Waals surface area contributed by atoms with Crippen molar-refractivity contribution >= 4 is 33.3 Å². The highest BCUT2D eigenvalue weighted by Gasteiger charge is 2.15. The normalized spacial score (nSPS) is 15.4. The lowest BCUT2D eigenvalue weighted by molar-refractivity contribution is 0.598. The van der Waals surface area contributed by atoms with Crippen molar-refractivity contribution in [3.8, 4) is 6.07 Å². The van der Waals surface area contributed by atoms with Crippen molar-refractivity contribution in [2.45, 2.75) is 18.2 Å². The Morgan fingerprint density at radius 3 is 2.68 bits per heavy atom. The number of primary sulfonamides is 1. The maximum Gasteiger partial charge on any atom is 0.238 e. The van der Waals surface area contributed by atoms with E-state index in [9.17, 15) is 13.7 Å². The maximum atomic E-state index is 11.3. The van der Waals surface area contributed by atoms with Crippen LogP contribution < -0.4 is 15.8 Å². The first kappa shape index (κ1) is 19.9. The molecular weight excluding hydrogens is 396 g/mol. The van der Waals surface area contributed by atoms with Crippen LogP contribution in [-0.4, -0.2) is 24.9 Å². The minimum absolute atomic E-state index is 0.0837. The Kier molecular flexibility index (Phi) is 5.99. The van der Waals surface area contributed by atoms with E-state index in [2.05, 4.69) is 26.7 Å². The predicted molar refractivity (Wildman–Crippen MR) is 109 cm³/mol. The summed E-state index contributed by atoms with van der Waals surface area (Å²) < 4.78 is 22.6. The Morgan fingerprint density at radius 1 is 1.32 bits per heavy atom. The lowest BCUT2D eigenvalue weighted by Gasteiger charge is -2.08. The number of benzene rings is 1. The quantitative estimate of drug-likeness (QED) is 0.612. The highest BCUT2D eigenvalue weighted by Crippen LogP contribution is 2.30. The number of thioether (sulfide) groups is 1. The molecule has 4 N–H and O–H groups in total. The molecule has 1 aromatic heterocycles. The van der Waals surface area contributed by atoms with Crippen LogP contribution in [0.5, 0.6) is 0 Å². The van der Waals surface area contributed by atoms with Crippen molar-refractivity contribution in [2.24, 2.45) is 5.14 Å². The van der Waals surface area contributed by atoms with Crippen molar-refractivity contribution in [1.82, 2.24) is 15.3 Å². The predicted octanol–water partition coefficient (Wildman–Crippen LogP) is 2.17. The minimum Gasteiger partial charge on any atom is -0.354 e. The summed E-state index contributed by atoms with van der Waals surface area (Å²) in [7, 11) is -3.69. The summed E-state index contributed by atoms with van der Waals surface area (Å²) >= 11 is 1.45. The van der Waals surface area contributed by atoms with E-state index in [-0.39, 0.29) is 4.90 Å². The SMILES string of the molecule is CC1=CS/C(=C(\C#N)c2ccnc(NCCc3ccc(S(N)(=O)=O)cc3)n2)N1. The zero-order valence-electron chi connectivity index (χ0n) is 15.0. The third-order valence-corrected chi connectivity index (χ3v) is 5.81. The van der Waals surface area contributed by atoms with Gasteiger partial charge in [0.25, 0.3) is 0 Å². The van der Waals surface area contributed by atoms with Crippen LogP contribution in [0.4, 0.5) is 5.95 Å². The standard InChI is InChI=1S/C18H18N6O2S2/c1-12-11-27-17(23-12)15(10-19)16-7-9-22-18(24-16)21-8-6-13-2-4-14(5-3-13)28(20,25)26/h2-5,7,9,11,23H,6,8H2,1H3,(H2,20,25,26)(H,21,22,24)/b17-15+. The topological polar surface area (TPSA) is 134 Å². The number of nitrogens with one attached hydrogen (secondary N) is 2. The Balaban J connectivity index is 1.65. The third-order valence-electron chi connectivity index (χ3n) is 3.86. The van der Waals surface area contributed by atoms with Crippen LogP contribution in [0.1, 0.15) is 18.2 Å². The average Bonchev–Trinajstić information content (AvgIpc) is 3.08. The largest absolute Gasteiger partial charge is 0.354 e. The van der Waals surface area contributed by atoms with Crippen molar-refractivity contribution in [1.29, 1.82) is 5.26 Å². The van der Waals surface area contributed by atoms with E-state index >= 15 is 0 Å². The molecule has 0 radical (unpaired) electrons. The molecule has 10 heteroatoms. The zero-order chi connectivity index (χ0) is 20.1. The summed E-state index contributed by atoms with van der Waals surface area (Å²) in [6, 6.07) is 10.3. The summed E-state index contributed by atoms with van der Waals surface area (Å²) in [4.78, 5) is 8.68. The van der Waals surface area contributed by atoms with Crippen LogP contribution in [0.25, 0.3) is 5.57 Å². The van der Waals surface area contributed by atoms with E-state index in [1.165, 1.54) is 23.9 Å². The second kappa shape index (κ2) is 8.43. The fraction of sp³-hybridized carbons (Fsp3) is 0.167. The molecule has 3 rings (SSSR count). The number of nitriles is 1. The van der Waals surface area contributed by atoms with Gasteiger partial charge in [-0.2, -0.15) is 5.26 Å². The van der Waals surface area contributed by atoms with Crippen LogP contribution in [0.2, 0.25) is 0 Å². The number of anilines is 1. The summed E-state index contributed by atoms with van der Waals surface area (Å²) in [6.07, 6.45) is 2.24. The van der Waals surface area contributed by atoms with E-state index in [4.69, 9.17) is 5.14 Å². The lowest BCUT2D eigenvalue weighted by Crippen LogP contribution is -2.12. The van der Waals surface area contributed by atoms with Gasteiger partial charge in [-0.25, -0.2) is 23.5 Å². The van der Waals surface area contributed by atoms with Gasteiger partial charge in [0.1, 0.15) is 11.6 Å². The molecule has 0 saturated heterocycles. The Bertz CT molecular complexity index is 1090. The molecule has 0 aliphatic carbocycles. The van der Waals surface area contributed by atoms with Gasteiger partial charge in [0.15, 0.2) is 0 Å². The van der Waals surface area contributed by atoms with Gasteiger partial charge in [0, 0.05) is 18.4 Å². The Hall–Kier alpha value is -2.87. The van der Waals surface area contributed by atoms with Crippen LogP contribution in [0.15, 0.2) is 57.6 Å². The lowest BCUT2D eigenvalue weighted by atomic mass is 10.1. The number of aromatic nitrogens is 2. The molecule has 0 spiro atoms. The van der Waals surface area contributed by atoms with E-state index in [1.54, 1.807) is 24.4 Å². The first-order valence-corrected chi connectivity index (χ1v) is 10.7. The Morgan fingerprint density at radius 2 is 2.07 bits per heavy atom. The summed E-state index contributed by atoms with van der Waals surface area (Å²) in [5.41, 5.74) is 2.93. The summed E-state index contributed by atoms with van der Waals surface area (Å²) in [5, 5.41) is 23.6. The molecule has 0 saturated carbocycles. The second-order valence-electron chi connectivity index (χ2n) is 5.99. The molecule has 1 aliphatic rings. The Labute approximate surface area is 167 Å². The molecule has 28 heavy (non-hydrogen) atoms. The second-order valence-corrected chi connectivity index (χ2v) is 8.43. The molecule has 1 aromatic carbocycles. The van der Waals surface area contributed by atoms with Gasteiger partial charge in [-0.3, -0.25) is 0 Å². The highest BCUT2D eigenvalue weighted by atomic mass is 32.2. The fourth-order valence-corrected chi connectivity index (χ4v) is 3.84. The van der Waals surface area contributed by atoms with E-state index in [0.29, 0.717) is 30.2 Å². The molecule has 0 atom stereocenters. The van der Waals surface area contributed by atoms with Gasteiger partial charge in [0.05, 0.1) is 15.6 Å². The summed E-state index contributed by atoms with van der Waals surface area (Å²) in [6.45, 7) is 2.47. The fourth-order valence-electron chi connectivity index (χ4n) is 2.48. The number of hydrogen-bond donors (Lipinski definition) is 3. The van der Waals surface area contributed by atoms with E-state index in [0.717, 1.165) is 16.3 Å². The van der Waals surface area contributed by atoms with Crippen LogP contribution >= 0.6 is 11.8 Å². The summed E-state index contributed by atoms with van der Waals surface area (Å²) in [5.74, 6) is 0.416. The van der Waals surface area contributed by atoms with Gasteiger partial charge >= 0.3 is 0 Å². The van der Waals surface area contributed by atoms with Crippen molar-refractivity contribution < 1.29 is 8.42 Å². The number of rotatable bonds is 6. The number of sulfonamides is 1. The molecule has 0 unspecified atom stereocenters. The molecule has 144 valence electrons.